The van der Waals surface area contributed by atoms with E-state index in [2.05, 4.69) is 4.99 Å². The van der Waals surface area contributed by atoms with Gasteiger partial charge in [0.1, 0.15) is 6.79 Å². The standard InChI is InChI=1S/C4H5NO3/c6-2-5-4-1-7-3-8-4/h4H,1,3H2. The van der Waals surface area contributed by atoms with Gasteiger partial charge >= 0.3 is 0 Å². The molecule has 1 heterocycles. The van der Waals surface area contributed by atoms with E-state index in [4.69, 9.17) is 9.47 Å². The zero-order valence-electron chi connectivity index (χ0n) is 4.16. The first-order chi connectivity index (χ1) is 3.93. The fourth-order valence-corrected chi connectivity index (χ4v) is 0.457. The van der Waals surface area contributed by atoms with Crippen molar-refractivity contribution in [2.75, 3.05) is 13.4 Å². The van der Waals surface area contributed by atoms with Crippen molar-refractivity contribution in [3.05, 3.63) is 0 Å². The van der Waals surface area contributed by atoms with Crippen LogP contribution in [0.2, 0.25) is 0 Å². The van der Waals surface area contributed by atoms with Crippen molar-refractivity contribution in [1.29, 1.82) is 0 Å². The van der Waals surface area contributed by atoms with Gasteiger partial charge in [0.25, 0.3) is 0 Å². The van der Waals surface area contributed by atoms with Crippen LogP contribution in [0.15, 0.2) is 4.99 Å². The number of ether oxygens (including phenoxy) is 2. The van der Waals surface area contributed by atoms with Crippen molar-refractivity contribution >= 4 is 6.08 Å². The van der Waals surface area contributed by atoms with E-state index in [-0.39, 0.29) is 6.79 Å². The zero-order chi connectivity index (χ0) is 5.82. The zero-order valence-corrected chi connectivity index (χ0v) is 4.16. The highest BCUT2D eigenvalue weighted by atomic mass is 16.7. The minimum Gasteiger partial charge on any atom is -0.351 e. The Morgan fingerprint density at radius 3 is 3.12 bits per heavy atom. The highest BCUT2D eigenvalue weighted by Crippen LogP contribution is 2.01. The van der Waals surface area contributed by atoms with Gasteiger partial charge in [-0.15, -0.1) is 0 Å². The number of hydrogen-bond donors (Lipinski definition) is 0. The van der Waals surface area contributed by atoms with E-state index in [0.29, 0.717) is 6.61 Å². The molecule has 1 aliphatic rings. The molecule has 1 unspecified atom stereocenters. The summed E-state index contributed by atoms with van der Waals surface area (Å²) in [5.74, 6) is 0. The van der Waals surface area contributed by atoms with Crippen LogP contribution in [-0.2, 0) is 14.3 Å². The largest absolute Gasteiger partial charge is 0.351 e. The normalized spacial score (nSPS) is 27.2. The lowest BCUT2D eigenvalue weighted by atomic mass is 10.6. The Balaban J connectivity index is 2.35. The maximum atomic E-state index is 9.53. The number of hydrogen-bond acceptors (Lipinski definition) is 4. The van der Waals surface area contributed by atoms with Crippen molar-refractivity contribution in [1.82, 2.24) is 0 Å². The van der Waals surface area contributed by atoms with Crippen LogP contribution in [0.3, 0.4) is 0 Å². The molecular weight excluding hydrogens is 110 g/mol. The molecule has 1 rings (SSSR count). The first kappa shape index (κ1) is 5.44. The maximum absolute atomic E-state index is 9.53. The first-order valence-corrected chi connectivity index (χ1v) is 2.20. The second kappa shape index (κ2) is 2.57. The predicted octanol–water partition coefficient (Wildman–Crippen LogP) is -0.347. The summed E-state index contributed by atoms with van der Waals surface area (Å²) in [5, 5.41) is 0. The molecule has 4 heteroatoms. The van der Waals surface area contributed by atoms with E-state index in [1.54, 1.807) is 0 Å². The average Bonchev–Trinajstić information content (AvgIpc) is 2.19. The van der Waals surface area contributed by atoms with E-state index >= 15 is 0 Å². The Hall–Kier alpha value is -0.700. The van der Waals surface area contributed by atoms with E-state index < -0.39 is 6.23 Å². The van der Waals surface area contributed by atoms with E-state index in [0.717, 1.165) is 0 Å². The monoisotopic (exact) mass is 115 g/mol. The average molecular weight is 115 g/mol. The fraction of sp³-hybridized carbons (Fsp3) is 0.750. The molecule has 4 nitrogen and oxygen atoms in total. The maximum Gasteiger partial charge on any atom is 0.237 e. The Kier molecular flexibility index (Phi) is 1.75. The Morgan fingerprint density at radius 1 is 1.75 bits per heavy atom. The lowest BCUT2D eigenvalue weighted by Crippen LogP contribution is -2.03. The van der Waals surface area contributed by atoms with Gasteiger partial charge in [-0.2, -0.15) is 4.99 Å². The van der Waals surface area contributed by atoms with Crippen LogP contribution in [0.4, 0.5) is 0 Å². The molecule has 8 heavy (non-hydrogen) atoms. The van der Waals surface area contributed by atoms with Gasteiger partial charge < -0.3 is 9.47 Å². The molecule has 0 radical (unpaired) electrons. The molecule has 1 saturated heterocycles. The first-order valence-electron chi connectivity index (χ1n) is 2.20. The molecule has 1 aliphatic heterocycles. The highest BCUT2D eigenvalue weighted by Gasteiger charge is 2.13. The van der Waals surface area contributed by atoms with Crippen LogP contribution in [-0.4, -0.2) is 25.7 Å². The van der Waals surface area contributed by atoms with Crippen LogP contribution in [0.5, 0.6) is 0 Å². The van der Waals surface area contributed by atoms with Gasteiger partial charge in [-0.3, -0.25) is 0 Å². The van der Waals surface area contributed by atoms with Crippen molar-refractivity contribution in [3.8, 4) is 0 Å². The van der Waals surface area contributed by atoms with Gasteiger partial charge in [0.2, 0.25) is 6.08 Å². The van der Waals surface area contributed by atoms with E-state index in [1.165, 1.54) is 6.08 Å². The number of isocyanates is 1. The van der Waals surface area contributed by atoms with Crippen LogP contribution in [0, 0.1) is 0 Å². The van der Waals surface area contributed by atoms with Crippen LogP contribution in [0.25, 0.3) is 0 Å². The van der Waals surface area contributed by atoms with E-state index in [1.807, 2.05) is 0 Å². The van der Waals surface area contributed by atoms with Crippen molar-refractivity contribution < 1.29 is 14.3 Å². The third-order valence-corrected chi connectivity index (χ3v) is 0.801. The molecule has 0 aromatic heterocycles. The summed E-state index contributed by atoms with van der Waals surface area (Å²) in [4.78, 5) is 12.8. The molecule has 0 spiro atoms. The molecule has 0 N–H and O–H groups in total. The van der Waals surface area contributed by atoms with Gasteiger partial charge in [0.05, 0.1) is 6.61 Å². The van der Waals surface area contributed by atoms with Gasteiger partial charge in [-0.1, -0.05) is 0 Å². The summed E-state index contributed by atoms with van der Waals surface area (Å²) in [6.07, 6.45) is 0.970. The topological polar surface area (TPSA) is 47.9 Å². The van der Waals surface area contributed by atoms with Gasteiger partial charge in [0.15, 0.2) is 6.23 Å². The molecule has 0 bridgehead atoms. The second-order valence-corrected chi connectivity index (χ2v) is 1.33. The molecule has 0 aliphatic carbocycles. The summed E-state index contributed by atoms with van der Waals surface area (Å²) in [6, 6.07) is 0. The van der Waals surface area contributed by atoms with Crippen LogP contribution >= 0.6 is 0 Å². The summed E-state index contributed by atoms with van der Waals surface area (Å²) in [6.45, 7) is 0.602. The molecular formula is C4H5NO3. The number of rotatable bonds is 1. The summed E-state index contributed by atoms with van der Waals surface area (Å²) < 4.78 is 9.46. The summed E-state index contributed by atoms with van der Waals surface area (Å²) in [5.41, 5.74) is 0. The molecule has 0 aromatic rings. The quantitative estimate of drug-likeness (QED) is 0.346. The minimum atomic E-state index is -0.410. The van der Waals surface area contributed by atoms with Crippen molar-refractivity contribution in [2.45, 2.75) is 6.23 Å². The van der Waals surface area contributed by atoms with E-state index in [9.17, 15) is 4.79 Å². The third kappa shape index (κ3) is 1.13. The third-order valence-electron chi connectivity index (χ3n) is 0.801. The van der Waals surface area contributed by atoms with Crippen LogP contribution in [0.1, 0.15) is 0 Å². The van der Waals surface area contributed by atoms with Crippen molar-refractivity contribution in [2.24, 2.45) is 4.99 Å². The van der Waals surface area contributed by atoms with Gasteiger partial charge in [-0.25, -0.2) is 4.79 Å². The minimum absolute atomic E-state index is 0.232. The molecule has 0 saturated carbocycles. The molecule has 0 amide bonds. The summed E-state index contributed by atoms with van der Waals surface area (Å²) >= 11 is 0. The van der Waals surface area contributed by atoms with Gasteiger partial charge in [-0.05, 0) is 0 Å². The highest BCUT2D eigenvalue weighted by molar-refractivity contribution is 5.33. The Morgan fingerprint density at radius 2 is 2.62 bits per heavy atom. The molecule has 0 aromatic carbocycles. The lowest BCUT2D eigenvalue weighted by Gasteiger charge is -1.91. The molecule has 1 fully saturated rings. The van der Waals surface area contributed by atoms with Crippen LogP contribution < -0.4 is 0 Å². The smallest absolute Gasteiger partial charge is 0.237 e. The Bertz CT molecular complexity index is 112. The predicted molar refractivity (Wildman–Crippen MR) is 23.8 cm³/mol. The SMILES string of the molecule is O=C=NC1COCO1. The van der Waals surface area contributed by atoms with Crippen molar-refractivity contribution in [3.63, 3.8) is 0 Å². The Labute approximate surface area is 46.1 Å². The summed E-state index contributed by atoms with van der Waals surface area (Å²) in [7, 11) is 0. The number of nitrogens with zero attached hydrogens (tertiary/aromatic N) is 1. The number of carbonyl (C=O) groups excluding carboxylic acids is 1. The molecule has 1 atom stereocenters. The van der Waals surface area contributed by atoms with Gasteiger partial charge in [0, 0.05) is 0 Å². The number of aliphatic imine (C=N–C) groups is 1. The second-order valence-electron chi connectivity index (χ2n) is 1.33. The molecule has 44 valence electrons. The lowest BCUT2D eigenvalue weighted by molar-refractivity contribution is 0.0492. The fourth-order valence-electron chi connectivity index (χ4n) is 0.457.